The number of allylic oxidation sites excluding steroid dienone is 1. The molecule has 0 spiro atoms. The quantitative estimate of drug-likeness (QED) is 0.544. The molecular formula is C26H27N3O3. The van der Waals surface area contributed by atoms with Gasteiger partial charge in [0.1, 0.15) is 6.04 Å². The fraction of sp³-hybridized carbons (Fsp3) is 0.269. The minimum atomic E-state index is -0.741. The van der Waals surface area contributed by atoms with Gasteiger partial charge in [0.05, 0.1) is 0 Å². The molecule has 0 saturated carbocycles. The van der Waals surface area contributed by atoms with E-state index in [9.17, 15) is 14.7 Å². The molecule has 1 fully saturated rings. The molecule has 1 atom stereocenters. The monoisotopic (exact) mass is 429 g/mol. The highest BCUT2D eigenvalue weighted by Gasteiger charge is 2.30. The summed E-state index contributed by atoms with van der Waals surface area (Å²) in [5.41, 5.74) is 3.87. The molecule has 0 radical (unpaired) electrons. The third-order valence-corrected chi connectivity index (χ3v) is 5.83. The van der Waals surface area contributed by atoms with Crippen LogP contribution in [-0.4, -0.2) is 43.9 Å². The van der Waals surface area contributed by atoms with Crippen molar-refractivity contribution in [2.75, 3.05) is 6.54 Å². The smallest absolute Gasteiger partial charge is 0.320 e. The van der Waals surface area contributed by atoms with Crippen LogP contribution in [0.2, 0.25) is 0 Å². The first-order valence-electron chi connectivity index (χ1n) is 10.9. The summed E-state index contributed by atoms with van der Waals surface area (Å²) >= 11 is 0. The summed E-state index contributed by atoms with van der Waals surface area (Å²) in [7, 11) is 0. The third kappa shape index (κ3) is 5.03. The molecule has 0 bridgehead atoms. The molecule has 6 nitrogen and oxygen atoms in total. The van der Waals surface area contributed by atoms with E-state index in [0.29, 0.717) is 30.9 Å². The van der Waals surface area contributed by atoms with Crippen molar-refractivity contribution in [3.8, 4) is 0 Å². The van der Waals surface area contributed by atoms with Crippen molar-refractivity contribution < 1.29 is 14.7 Å². The van der Waals surface area contributed by atoms with Crippen LogP contribution in [0.3, 0.4) is 0 Å². The summed E-state index contributed by atoms with van der Waals surface area (Å²) in [6.07, 6.45) is 9.10. The van der Waals surface area contributed by atoms with E-state index in [1.807, 2.05) is 77.2 Å². The number of nitrogens with zero attached hydrogens (tertiary/aromatic N) is 3. The van der Waals surface area contributed by atoms with Gasteiger partial charge in [-0.25, -0.2) is 4.98 Å². The van der Waals surface area contributed by atoms with Crippen LogP contribution < -0.4 is 0 Å². The number of carbonyl (C=O) groups is 2. The predicted molar refractivity (Wildman–Crippen MR) is 123 cm³/mol. The molecule has 0 unspecified atom stereocenters. The molecule has 2 aromatic carbocycles. The molecule has 164 valence electrons. The number of carboxylic acids is 1. The number of benzene rings is 2. The van der Waals surface area contributed by atoms with Crippen molar-refractivity contribution in [3.63, 3.8) is 0 Å². The zero-order valence-corrected chi connectivity index (χ0v) is 18.1. The van der Waals surface area contributed by atoms with Gasteiger partial charge in [-0.2, -0.15) is 0 Å². The molecule has 32 heavy (non-hydrogen) atoms. The highest BCUT2D eigenvalue weighted by atomic mass is 16.4. The predicted octanol–water partition coefficient (Wildman–Crippen LogP) is 4.18. The largest absolute Gasteiger partial charge is 0.480 e. The van der Waals surface area contributed by atoms with Gasteiger partial charge < -0.3 is 9.67 Å². The van der Waals surface area contributed by atoms with Crippen molar-refractivity contribution in [1.29, 1.82) is 0 Å². The number of aryl methyl sites for hydroxylation is 1. The Morgan fingerprint density at radius 1 is 1.19 bits per heavy atom. The van der Waals surface area contributed by atoms with Gasteiger partial charge in [0.2, 0.25) is 5.78 Å². The lowest BCUT2D eigenvalue weighted by Gasteiger charge is -2.21. The molecule has 1 aliphatic rings. The lowest BCUT2D eigenvalue weighted by Crippen LogP contribution is -2.35. The second kappa shape index (κ2) is 9.75. The number of ketones is 1. The first-order valence-corrected chi connectivity index (χ1v) is 10.9. The van der Waals surface area contributed by atoms with Gasteiger partial charge in [0.25, 0.3) is 0 Å². The number of carboxylic acid groups (broad SMARTS) is 1. The SMILES string of the molecule is Cc1ccc(C(=O)c2nccn2C/C=C/c2cccc(CN3CCC[C@@H]3C(=O)O)c2)cc1. The van der Waals surface area contributed by atoms with Crippen LogP contribution in [0.15, 0.2) is 67.0 Å². The van der Waals surface area contributed by atoms with E-state index in [1.165, 1.54) is 0 Å². The van der Waals surface area contributed by atoms with Gasteiger partial charge in [-0.15, -0.1) is 0 Å². The van der Waals surface area contributed by atoms with Crippen molar-refractivity contribution in [1.82, 2.24) is 14.5 Å². The standard InChI is InChI=1S/C26H27N3O3/c1-19-9-11-22(12-10-19)24(30)25-27-13-16-28(25)14-3-7-20-5-2-6-21(17-20)18-29-15-4-8-23(29)26(31)32/h2-3,5-7,9-13,16-17,23H,4,8,14-15,18H2,1H3,(H,31,32)/b7-3+/t23-/m1/s1. The molecule has 1 aliphatic heterocycles. The van der Waals surface area contributed by atoms with E-state index in [4.69, 9.17) is 0 Å². The normalized spacial score (nSPS) is 16.6. The minimum absolute atomic E-state index is 0.0935. The van der Waals surface area contributed by atoms with E-state index in [1.54, 1.807) is 6.20 Å². The zero-order valence-electron chi connectivity index (χ0n) is 18.1. The van der Waals surface area contributed by atoms with Gasteiger partial charge in [0, 0.05) is 31.0 Å². The Bertz CT molecular complexity index is 1130. The van der Waals surface area contributed by atoms with Gasteiger partial charge >= 0.3 is 5.97 Å². The number of hydrogen-bond donors (Lipinski definition) is 1. The van der Waals surface area contributed by atoms with E-state index in [2.05, 4.69) is 11.1 Å². The Morgan fingerprint density at radius 3 is 2.78 bits per heavy atom. The van der Waals surface area contributed by atoms with Crippen LogP contribution in [-0.2, 0) is 17.9 Å². The van der Waals surface area contributed by atoms with Gasteiger partial charge in [-0.05, 0) is 37.4 Å². The third-order valence-electron chi connectivity index (χ3n) is 5.83. The van der Waals surface area contributed by atoms with Crippen LogP contribution in [0.1, 0.15) is 45.7 Å². The molecule has 3 aromatic rings. The number of rotatable bonds is 8. The summed E-state index contributed by atoms with van der Waals surface area (Å²) in [5, 5.41) is 9.38. The number of aliphatic carboxylic acids is 1. The van der Waals surface area contributed by atoms with Gasteiger partial charge in [-0.1, -0.05) is 66.2 Å². The number of hydrogen-bond acceptors (Lipinski definition) is 4. The molecule has 4 rings (SSSR count). The maximum atomic E-state index is 12.8. The molecule has 2 heterocycles. The van der Waals surface area contributed by atoms with E-state index in [-0.39, 0.29) is 11.8 Å². The molecule has 1 saturated heterocycles. The Kier molecular flexibility index (Phi) is 6.61. The Balaban J connectivity index is 1.41. The average molecular weight is 430 g/mol. The molecule has 1 N–H and O–H groups in total. The number of aromatic nitrogens is 2. The van der Waals surface area contributed by atoms with Crippen LogP contribution in [0, 0.1) is 6.92 Å². The van der Waals surface area contributed by atoms with Crippen molar-refractivity contribution in [3.05, 3.63) is 95.1 Å². The highest BCUT2D eigenvalue weighted by Crippen LogP contribution is 2.21. The van der Waals surface area contributed by atoms with Crippen molar-refractivity contribution in [2.24, 2.45) is 0 Å². The summed E-state index contributed by atoms with van der Waals surface area (Å²) in [4.78, 5) is 30.5. The van der Waals surface area contributed by atoms with Crippen LogP contribution in [0.5, 0.6) is 0 Å². The summed E-state index contributed by atoms with van der Waals surface area (Å²) in [6.45, 7) is 3.97. The molecule has 0 aliphatic carbocycles. The summed E-state index contributed by atoms with van der Waals surface area (Å²) in [6, 6.07) is 15.2. The first kappa shape index (κ1) is 21.7. The average Bonchev–Trinajstić information content (AvgIpc) is 3.44. The fourth-order valence-electron chi connectivity index (χ4n) is 4.13. The van der Waals surface area contributed by atoms with Crippen molar-refractivity contribution in [2.45, 2.75) is 38.9 Å². The fourth-order valence-corrected chi connectivity index (χ4v) is 4.13. The van der Waals surface area contributed by atoms with Gasteiger partial charge in [0.15, 0.2) is 5.82 Å². The Hall–Kier alpha value is -3.51. The van der Waals surface area contributed by atoms with Crippen LogP contribution in [0.4, 0.5) is 0 Å². The van der Waals surface area contributed by atoms with Crippen molar-refractivity contribution >= 4 is 17.8 Å². The lowest BCUT2D eigenvalue weighted by molar-refractivity contribution is -0.142. The Morgan fingerprint density at radius 2 is 2.00 bits per heavy atom. The Labute approximate surface area is 187 Å². The minimum Gasteiger partial charge on any atom is -0.480 e. The van der Waals surface area contributed by atoms with Gasteiger partial charge in [-0.3, -0.25) is 14.5 Å². The van der Waals surface area contributed by atoms with E-state index in [0.717, 1.165) is 29.7 Å². The number of imidazole rings is 1. The first-order chi connectivity index (χ1) is 15.5. The molecule has 1 aromatic heterocycles. The topological polar surface area (TPSA) is 75.4 Å². The molecule has 0 amide bonds. The number of carbonyl (C=O) groups excluding carboxylic acids is 1. The van der Waals surface area contributed by atoms with Crippen LogP contribution >= 0.6 is 0 Å². The van der Waals surface area contributed by atoms with E-state index < -0.39 is 5.97 Å². The molecule has 6 heteroatoms. The zero-order chi connectivity index (χ0) is 22.5. The maximum Gasteiger partial charge on any atom is 0.320 e. The summed E-state index contributed by atoms with van der Waals surface area (Å²) in [5.74, 6) is -0.417. The second-order valence-electron chi connectivity index (χ2n) is 8.21. The van der Waals surface area contributed by atoms with E-state index >= 15 is 0 Å². The lowest BCUT2D eigenvalue weighted by atomic mass is 10.1. The highest BCUT2D eigenvalue weighted by molar-refractivity contribution is 6.06. The number of likely N-dealkylation sites (tertiary alicyclic amines) is 1. The maximum absolute atomic E-state index is 12.8. The second-order valence-corrected chi connectivity index (χ2v) is 8.21. The molecular weight excluding hydrogens is 402 g/mol. The summed E-state index contributed by atoms with van der Waals surface area (Å²) < 4.78 is 1.84. The van der Waals surface area contributed by atoms with Crippen LogP contribution in [0.25, 0.3) is 6.08 Å².